The molecule has 3 aliphatic rings. The van der Waals surface area contributed by atoms with Gasteiger partial charge in [-0.1, -0.05) is 13.0 Å². The van der Waals surface area contributed by atoms with E-state index < -0.39 is 0 Å². The summed E-state index contributed by atoms with van der Waals surface area (Å²) in [5.41, 5.74) is 0.591. The van der Waals surface area contributed by atoms with Crippen LogP contribution in [0, 0.1) is 5.92 Å². The van der Waals surface area contributed by atoms with Crippen molar-refractivity contribution in [2.24, 2.45) is 13.0 Å². The van der Waals surface area contributed by atoms with E-state index in [0.29, 0.717) is 5.92 Å². The summed E-state index contributed by atoms with van der Waals surface area (Å²) in [6.07, 6.45) is 4.95. The van der Waals surface area contributed by atoms with Crippen LogP contribution in [-0.4, -0.2) is 13.9 Å². The number of nitrogens with zero attached hydrogens (tertiary/aromatic N) is 3. The zero-order valence-electron chi connectivity index (χ0n) is 9.51. The van der Waals surface area contributed by atoms with Crippen molar-refractivity contribution in [1.29, 1.82) is 0 Å². The Hall–Kier alpha value is -1.52. The van der Waals surface area contributed by atoms with Crippen LogP contribution in [0.1, 0.15) is 32.2 Å². The minimum Gasteiger partial charge on any atom is -0.246 e. The van der Waals surface area contributed by atoms with Gasteiger partial charge in [0, 0.05) is 12.7 Å². The Bertz CT molecular complexity index is 587. The first-order valence-corrected chi connectivity index (χ1v) is 5.71. The lowest BCUT2D eigenvalue weighted by molar-refractivity contribution is 0.328. The molecule has 2 bridgehead atoms. The van der Waals surface area contributed by atoms with Crippen LogP contribution in [0.15, 0.2) is 15.7 Å². The molecule has 4 rings (SSSR count). The monoisotopic (exact) mass is 221 g/mol. The van der Waals surface area contributed by atoms with E-state index in [4.69, 9.17) is 0 Å². The van der Waals surface area contributed by atoms with Gasteiger partial charge in [0.15, 0.2) is 0 Å². The summed E-state index contributed by atoms with van der Waals surface area (Å²) in [5.74, 6) is 0.444. The van der Waals surface area contributed by atoms with Gasteiger partial charge in [-0.2, -0.15) is 0 Å². The van der Waals surface area contributed by atoms with Crippen LogP contribution in [0.3, 0.4) is 0 Å². The maximum absolute atomic E-state index is 12.0. The molecule has 3 heterocycles. The number of fused-ring (bicyclic) bond motifs is 3. The van der Waals surface area contributed by atoms with Gasteiger partial charge in [-0.15, -0.1) is 0 Å². The van der Waals surface area contributed by atoms with Crippen LogP contribution in [0.4, 0.5) is 0 Å². The first kappa shape index (κ1) is 9.69. The summed E-state index contributed by atoms with van der Waals surface area (Å²) < 4.78 is 4.41. The van der Waals surface area contributed by atoms with Gasteiger partial charge in [0.2, 0.25) is 0 Å². The topological polar surface area (TPSA) is 48.9 Å². The number of hydrogen-bond acceptors (Lipinski definition) is 2. The Morgan fingerprint density at radius 2 is 2.06 bits per heavy atom. The summed E-state index contributed by atoms with van der Waals surface area (Å²) in [7, 11) is 1.54. The number of hydrogen-bond donors (Lipinski definition) is 0. The third-order valence-corrected chi connectivity index (χ3v) is 3.64. The van der Waals surface area contributed by atoms with E-state index in [-0.39, 0.29) is 17.4 Å². The Balaban J connectivity index is 2.40. The Morgan fingerprint density at radius 3 is 2.81 bits per heavy atom. The second-order valence-electron chi connectivity index (χ2n) is 4.84. The molecule has 0 aromatic carbocycles. The lowest BCUT2D eigenvalue weighted by Crippen LogP contribution is -2.32. The molecule has 2 atom stereocenters. The van der Waals surface area contributed by atoms with E-state index in [1.54, 1.807) is 16.4 Å². The summed E-state index contributed by atoms with van der Waals surface area (Å²) in [4.78, 5) is 23.9. The minimum atomic E-state index is -0.213. The molecule has 16 heavy (non-hydrogen) atoms. The smallest absolute Gasteiger partial charge is 0.246 e. The van der Waals surface area contributed by atoms with E-state index in [0.717, 1.165) is 25.0 Å². The lowest BCUT2D eigenvalue weighted by Gasteiger charge is -2.24. The van der Waals surface area contributed by atoms with Gasteiger partial charge in [0.1, 0.15) is 0 Å². The van der Waals surface area contributed by atoms with Gasteiger partial charge >= 0.3 is 11.4 Å². The molecule has 1 aliphatic carbocycles. The van der Waals surface area contributed by atoms with E-state index in [9.17, 15) is 9.59 Å². The molecule has 0 amide bonds. The molecular weight excluding hydrogens is 206 g/mol. The van der Waals surface area contributed by atoms with Crippen molar-refractivity contribution in [1.82, 2.24) is 13.9 Å². The van der Waals surface area contributed by atoms with Gasteiger partial charge in [-0.25, -0.2) is 23.5 Å². The van der Waals surface area contributed by atoms with E-state index in [1.165, 1.54) is 4.57 Å². The Kier molecular flexibility index (Phi) is 1.81. The van der Waals surface area contributed by atoms with Crippen LogP contribution in [0.5, 0.6) is 0 Å². The van der Waals surface area contributed by atoms with E-state index >= 15 is 0 Å². The minimum absolute atomic E-state index is 0.180. The summed E-state index contributed by atoms with van der Waals surface area (Å²) in [5, 5.41) is 0. The second kappa shape index (κ2) is 2.99. The fourth-order valence-corrected chi connectivity index (χ4v) is 2.88. The second-order valence-corrected chi connectivity index (χ2v) is 4.84. The molecule has 86 valence electrons. The van der Waals surface area contributed by atoms with Gasteiger partial charge in [-0.05, 0) is 25.2 Å². The van der Waals surface area contributed by atoms with Crippen LogP contribution >= 0.6 is 0 Å². The first-order chi connectivity index (χ1) is 7.59. The van der Waals surface area contributed by atoms with Crippen molar-refractivity contribution in [3.8, 4) is 0 Å². The number of aromatic nitrogens is 3. The molecule has 1 aromatic heterocycles. The predicted octanol–water partition coefficient (Wildman–Crippen LogP) is 0.564. The van der Waals surface area contributed by atoms with Crippen LogP contribution in [0.2, 0.25) is 0 Å². The maximum Gasteiger partial charge on any atom is 0.351 e. The molecular formula is C11H15N3O2. The van der Waals surface area contributed by atoms with Crippen LogP contribution < -0.4 is 11.4 Å². The third kappa shape index (κ3) is 1.06. The first-order valence-electron chi connectivity index (χ1n) is 5.71. The highest BCUT2D eigenvalue weighted by molar-refractivity contribution is 5.46. The molecule has 0 fully saturated rings. The van der Waals surface area contributed by atoms with Gasteiger partial charge in [0.25, 0.3) is 0 Å². The quantitative estimate of drug-likeness (QED) is 0.643. The number of rotatable bonds is 0. The number of allylic oxidation sites excluding steroid dienone is 2. The van der Waals surface area contributed by atoms with Crippen molar-refractivity contribution in [3.63, 3.8) is 0 Å². The van der Waals surface area contributed by atoms with Gasteiger partial charge < -0.3 is 0 Å². The molecule has 1 aromatic rings. The highest BCUT2D eigenvalue weighted by Crippen LogP contribution is 2.34. The summed E-state index contributed by atoms with van der Waals surface area (Å²) in [6, 6.07) is 0.180. The molecule has 2 unspecified atom stereocenters. The molecule has 0 spiro atoms. The Morgan fingerprint density at radius 1 is 1.31 bits per heavy atom. The van der Waals surface area contributed by atoms with Gasteiger partial charge in [0.05, 0.1) is 6.04 Å². The molecule has 5 nitrogen and oxygen atoms in total. The highest BCUT2D eigenvalue weighted by atomic mass is 16.2. The maximum atomic E-state index is 12.0. The average Bonchev–Trinajstić information content (AvgIpc) is 2.46. The van der Waals surface area contributed by atoms with Crippen molar-refractivity contribution in [2.75, 3.05) is 0 Å². The lowest BCUT2D eigenvalue weighted by atomic mass is 10.0. The van der Waals surface area contributed by atoms with Crippen molar-refractivity contribution in [3.05, 3.63) is 27.0 Å². The zero-order chi connectivity index (χ0) is 11.4. The van der Waals surface area contributed by atoms with Crippen LogP contribution in [0.25, 0.3) is 5.70 Å². The zero-order valence-corrected chi connectivity index (χ0v) is 9.51. The van der Waals surface area contributed by atoms with E-state index in [2.05, 4.69) is 13.0 Å². The fraction of sp³-hybridized carbons (Fsp3) is 0.636. The molecule has 0 N–H and O–H groups in total. The van der Waals surface area contributed by atoms with Gasteiger partial charge in [-0.3, -0.25) is 0 Å². The standard InChI is InChI=1S/C11H15N3O2/c1-7-5-8-3-4-9(6-7)14-11(16)12(2)10(15)13(8)14/h5,7,9H,3-4,6H2,1-2H3. The highest BCUT2D eigenvalue weighted by Gasteiger charge is 2.31. The molecule has 0 saturated heterocycles. The molecule has 0 saturated carbocycles. The SMILES string of the molecule is CC1C=C2CCC(C1)n1c(=O)n(C)c(=O)n12. The van der Waals surface area contributed by atoms with Crippen molar-refractivity contribution < 1.29 is 0 Å². The van der Waals surface area contributed by atoms with Crippen molar-refractivity contribution in [2.45, 2.75) is 32.2 Å². The Labute approximate surface area is 92.6 Å². The third-order valence-electron chi connectivity index (χ3n) is 3.64. The molecule has 2 aliphatic heterocycles. The van der Waals surface area contributed by atoms with Crippen LogP contribution in [-0.2, 0) is 7.05 Å². The summed E-state index contributed by atoms with van der Waals surface area (Å²) in [6.45, 7) is 2.14. The molecule has 5 heteroatoms. The molecule has 0 radical (unpaired) electrons. The predicted molar refractivity (Wildman–Crippen MR) is 60.3 cm³/mol. The van der Waals surface area contributed by atoms with E-state index in [1.807, 2.05) is 0 Å². The summed E-state index contributed by atoms with van der Waals surface area (Å²) >= 11 is 0. The fourth-order valence-electron chi connectivity index (χ4n) is 2.88. The normalized spacial score (nSPS) is 27.5. The van der Waals surface area contributed by atoms with Crippen molar-refractivity contribution >= 4 is 5.70 Å². The largest absolute Gasteiger partial charge is 0.351 e. The average molecular weight is 221 g/mol.